The highest BCUT2D eigenvalue weighted by atomic mass is 35.5. The van der Waals surface area contributed by atoms with Crippen molar-refractivity contribution in [1.82, 2.24) is 0 Å². The lowest BCUT2D eigenvalue weighted by molar-refractivity contribution is -0.149. The molecule has 0 saturated carbocycles. The summed E-state index contributed by atoms with van der Waals surface area (Å²) in [5.74, 6) is -1.68. The zero-order chi connectivity index (χ0) is 12.3. The highest BCUT2D eigenvalue weighted by molar-refractivity contribution is 6.31. The van der Waals surface area contributed by atoms with Gasteiger partial charge in [0.1, 0.15) is 0 Å². The average molecular weight is 250 g/mol. The van der Waals surface area contributed by atoms with Crippen LogP contribution in [0.15, 0.2) is 24.3 Å². The van der Waals surface area contributed by atoms with E-state index in [1.54, 1.807) is 0 Å². The van der Waals surface area contributed by atoms with Crippen LogP contribution in [0.25, 0.3) is 0 Å². The van der Waals surface area contributed by atoms with E-state index in [2.05, 4.69) is 0 Å². The normalized spacial score (nSPS) is 14.8. The van der Waals surface area contributed by atoms with E-state index in [0.717, 1.165) is 0 Å². The van der Waals surface area contributed by atoms with Crippen molar-refractivity contribution < 1.29 is 18.7 Å². The van der Waals surface area contributed by atoms with Crippen LogP contribution in [-0.2, 0) is 10.2 Å². The Morgan fingerprint density at radius 2 is 2.06 bits per heavy atom. The van der Waals surface area contributed by atoms with Gasteiger partial charge in [0, 0.05) is 11.6 Å². The number of alkyl halides is 2. The molecule has 0 aliphatic carbocycles. The summed E-state index contributed by atoms with van der Waals surface area (Å²) in [5, 5.41) is 8.92. The lowest BCUT2D eigenvalue weighted by Crippen LogP contribution is -2.49. The minimum Gasteiger partial charge on any atom is -0.480 e. The first-order chi connectivity index (χ1) is 7.46. The number of carboxylic acid groups (broad SMARTS) is 1. The molecule has 0 amide bonds. The van der Waals surface area contributed by atoms with Gasteiger partial charge in [-0.05, 0) is 11.6 Å². The number of carbonyl (C=O) groups is 1. The molecule has 0 heterocycles. The van der Waals surface area contributed by atoms with Crippen molar-refractivity contribution in [2.45, 2.75) is 11.8 Å². The molecule has 1 rings (SSSR count). The molecule has 88 valence electrons. The maximum Gasteiger partial charge on any atom is 0.321 e. The van der Waals surface area contributed by atoms with Crippen molar-refractivity contribution in [2.75, 3.05) is 6.54 Å². The van der Waals surface area contributed by atoms with E-state index in [1.165, 1.54) is 24.3 Å². The quantitative estimate of drug-likeness (QED) is 0.857. The first kappa shape index (κ1) is 12.9. The summed E-state index contributed by atoms with van der Waals surface area (Å²) in [5.41, 5.74) is 2.58. The lowest BCUT2D eigenvalue weighted by Gasteiger charge is -2.28. The lowest BCUT2D eigenvalue weighted by atomic mass is 9.81. The average Bonchev–Trinajstić information content (AvgIpc) is 2.21. The van der Waals surface area contributed by atoms with Gasteiger partial charge in [-0.15, -0.1) is 0 Å². The Kier molecular flexibility index (Phi) is 3.83. The van der Waals surface area contributed by atoms with Gasteiger partial charge in [-0.3, -0.25) is 4.79 Å². The largest absolute Gasteiger partial charge is 0.480 e. The Morgan fingerprint density at radius 1 is 1.50 bits per heavy atom. The third kappa shape index (κ3) is 1.88. The van der Waals surface area contributed by atoms with Crippen LogP contribution >= 0.6 is 11.6 Å². The van der Waals surface area contributed by atoms with Crippen molar-refractivity contribution in [3.63, 3.8) is 0 Å². The standard InChI is InChI=1S/C10H10ClF2NO2/c11-7-4-2-1-3-6(7)10(5-14,8(12)13)9(15)16/h1-4,8H,5,14H2,(H,15,16). The molecule has 1 aromatic carbocycles. The second kappa shape index (κ2) is 4.76. The van der Waals surface area contributed by atoms with Gasteiger partial charge in [0.05, 0.1) is 0 Å². The van der Waals surface area contributed by atoms with Crippen LogP contribution in [0.5, 0.6) is 0 Å². The monoisotopic (exact) mass is 249 g/mol. The molecule has 0 radical (unpaired) electrons. The van der Waals surface area contributed by atoms with E-state index >= 15 is 0 Å². The highest BCUT2D eigenvalue weighted by Gasteiger charge is 2.49. The molecule has 0 bridgehead atoms. The molecule has 0 fully saturated rings. The third-order valence-electron chi connectivity index (χ3n) is 2.43. The maximum atomic E-state index is 13.0. The SMILES string of the molecule is NCC(C(=O)O)(c1ccccc1Cl)C(F)F. The molecule has 0 spiro atoms. The van der Waals surface area contributed by atoms with Crippen molar-refractivity contribution in [3.05, 3.63) is 34.9 Å². The Morgan fingerprint density at radius 3 is 2.44 bits per heavy atom. The predicted octanol–water partition coefficient (Wildman–Crippen LogP) is 1.89. The molecule has 0 saturated heterocycles. The summed E-state index contributed by atoms with van der Waals surface area (Å²) in [6.07, 6.45) is -3.13. The minimum atomic E-state index is -3.13. The summed E-state index contributed by atoms with van der Waals surface area (Å²) in [6, 6.07) is 5.57. The molecule has 0 aliphatic heterocycles. The summed E-state index contributed by atoms with van der Waals surface area (Å²) >= 11 is 5.72. The van der Waals surface area contributed by atoms with Gasteiger partial charge >= 0.3 is 5.97 Å². The first-order valence-corrected chi connectivity index (χ1v) is 4.81. The Balaban J connectivity index is 3.43. The molecule has 3 nitrogen and oxygen atoms in total. The number of benzene rings is 1. The number of halogens is 3. The fraction of sp³-hybridized carbons (Fsp3) is 0.300. The molecule has 16 heavy (non-hydrogen) atoms. The number of hydrogen-bond donors (Lipinski definition) is 2. The fourth-order valence-corrected chi connectivity index (χ4v) is 1.74. The van der Waals surface area contributed by atoms with Crippen molar-refractivity contribution >= 4 is 17.6 Å². The van der Waals surface area contributed by atoms with Crippen LogP contribution in [0, 0.1) is 0 Å². The van der Waals surface area contributed by atoms with Crippen LogP contribution in [0.1, 0.15) is 5.56 Å². The van der Waals surface area contributed by atoms with E-state index in [0.29, 0.717) is 0 Å². The fourth-order valence-electron chi connectivity index (χ4n) is 1.44. The molecule has 0 aliphatic rings. The van der Waals surface area contributed by atoms with Crippen LogP contribution in [0.4, 0.5) is 8.78 Å². The summed E-state index contributed by atoms with van der Waals surface area (Å²) in [6.45, 7) is -0.719. The molecule has 1 aromatic rings. The van der Waals surface area contributed by atoms with Gasteiger partial charge in [-0.1, -0.05) is 29.8 Å². The van der Waals surface area contributed by atoms with Gasteiger partial charge < -0.3 is 10.8 Å². The summed E-state index contributed by atoms with van der Waals surface area (Å²) in [7, 11) is 0. The molecule has 6 heteroatoms. The van der Waals surface area contributed by atoms with Gasteiger partial charge in [-0.2, -0.15) is 0 Å². The van der Waals surface area contributed by atoms with Crippen LogP contribution in [-0.4, -0.2) is 24.0 Å². The van der Waals surface area contributed by atoms with Gasteiger partial charge in [0.15, 0.2) is 5.41 Å². The van der Waals surface area contributed by atoms with E-state index in [4.69, 9.17) is 22.4 Å². The summed E-state index contributed by atoms with van der Waals surface area (Å²) in [4.78, 5) is 11.0. The highest BCUT2D eigenvalue weighted by Crippen LogP contribution is 2.35. The van der Waals surface area contributed by atoms with E-state index in [9.17, 15) is 13.6 Å². The van der Waals surface area contributed by atoms with Crippen LogP contribution in [0.2, 0.25) is 5.02 Å². The molecular weight excluding hydrogens is 240 g/mol. The molecule has 1 unspecified atom stereocenters. The second-order valence-corrected chi connectivity index (χ2v) is 3.67. The second-order valence-electron chi connectivity index (χ2n) is 3.26. The Hall–Kier alpha value is -1.20. The third-order valence-corrected chi connectivity index (χ3v) is 2.76. The van der Waals surface area contributed by atoms with Crippen molar-refractivity contribution in [2.24, 2.45) is 5.73 Å². The van der Waals surface area contributed by atoms with Gasteiger partial charge in [0.25, 0.3) is 6.43 Å². The smallest absolute Gasteiger partial charge is 0.321 e. The molecule has 1 atom stereocenters. The number of hydrogen-bond acceptors (Lipinski definition) is 2. The number of aliphatic carboxylic acids is 1. The Labute approximate surface area is 95.8 Å². The van der Waals surface area contributed by atoms with E-state index in [1.807, 2.05) is 0 Å². The van der Waals surface area contributed by atoms with Crippen molar-refractivity contribution in [1.29, 1.82) is 0 Å². The zero-order valence-electron chi connectivity index (χ0n) is 8.16. The van der Waals surface area contributed by atoms with Crippen LogP contribution in [0.3, 0.4) is 0 Å². The van der Waals surface area contributed by atoms with E-state index < -0.39 is 24.4 Å². The molecule has 0 aromatic heterocycles. The number of carboxylic acids is 1. The van der Waals surface area contributed by atoms with Gasteiger partial charge in [0.2, 0.25) is 0 Å². The van der Waals surface area contributed by atoms with E-state index in [-0.39, 0.29) is 10.6 Å². The predicted molar refractivity (Wildman–Crippen MR) is 55.8 cm³/mol. The molecular formula is C10H10ClF2NO2. The number of rotatable bonds is 4. The zero-order valence-corrected chi connectivity index (χ0v) is 8.92. The van der Waals surface area contributed by atoms with Crippen molar-refractivity contribution in [3.8, 4) is 0 Å². The summed E-state index contributed by atoms with van der Waals surface area (Å²) < 4.78 is 25.9. The number of nitrogens with two attached hydrogens (primary N) is 1. The van der Waals surface area contributed by atoms with Gasteiger partial charge in [-0.25, -0.2) is 8.78 Å². The van der Waals surface area contributed by atoms with Crippen LogP contribution < -0.4 is 5.73 Å². The first-order valence-electron chi connectivity index (χ1n) is 4.43. The topological polar surface area (TPSA) is 63.3 Å². The minimum absolute atomic E-state index is 0.0318. The Bertz CT molecular complexity index is 400. The molecule has 3 N–H and O–H groups in total. The maximum absolute atomic E-state index is 13.0.